The predicted octanol–water partition coefficient (Wildman–Crippen LogP) is 0.924. The van der Waals surface area contributed by atoms with E-state index < -0.39 is 5.97 Å². The summed E-state index contributed by atoms with van der Waals surface area (Å²) < 4.78 is 1.65. The van der Waals surface area contributed by atoms with Gasteiger partial charge in [-0.25, -0.2) is 4.98 Å². The maximum Gasteiger partial charge on any atom is 0.305 e. The molecule has 0 spiro atoms. The molecular weight excluding hydrogens is 208 g/mol. The molecule has 0 atom stereocenters. The Labute approximate surface area is 91.9 Å². The Bertz CT molecular complexity index is 521. The molecule has 0 unspecified atom stereocenters. The lowest BCUT2D eigenvalue weighted by Crippen LogP contribution is -2.10. The second-order valence-corrected chi connectivity index (χ2v) is 3.52. The number of nitrogens with one attached hydrogen (secondary N) is 1. The third-order valence-electron chi connectivity index (χ3n) is 2.17. The summed E-state index contributed by atoms with van der Waals surface area (Å²) in [7, 11) is 0. The van der Waals surface area contributed by atoms with Crippen LogP contribution in [-0.2, 0) is 4.79 Å². The Balaban J connectivity index is 2.22. The number of aromatic nitrogens is 3. The minimum Gasteiger partial charge on any atom is -0.481 e. The number of anilines is 1. The normalized spacial score (nSPS) is 10.6. The van der Waals surface area contributed by atoms with E-state index in [0.717, 1.165) is 17.0 Å². The van der Waals surface area contributed by atoms with Crippen molar-refractivity contribution in [2.75, 3.05) is 11.9 Å². The van der Waals surface area contributed by atoms with Gasteiger partial charge in [-0.15, -0.1) is 0 Å². The molecule has 2 rings (SSSR count). The van der Waals surface area contributed by atoms with Crippen LogP contribution in [0.1, 0.15) is 12.0 Å². The zero-order chi connectivity index (χ0) is 11.5. The van der Waals surface area contributed by atoms with Crippen LogP contribution in [0.3, 0.4) is 0 Å². The number of hydrogen-bond acceptors (Lipinski definition) is 4. The number of fused-ring (bicyclic) bond motifs is 1. The molecule has 0 fully saturated rings. The molecule has 0 aliphatic carbocycles. The molecule has 6 heteroatoms. The number of pyridine rings is 1. The number of carbonyl (C=O) groups is 1. The van der Waals surface area contributed by atoms with Crippen LogP contribution in [0.2, 0.25) is 0 Å². The number of rotatable bonds is 4. The molecule has 0 aliphatic heterocycles. The minimum atomic E-state index is -0.824. The van der Waals surface area contributed by atoms with Crippen molar-refractivity contribution in [3.8, 4) is 0 Å². The molecule has 0 saturated heterocycles. The Morgan fingerprint density at radius 3 is 3.12 bits per heavy atom. The van der Waals surface area contributed by atoms with Crippen molar-refractivity contribution < 1.29 is 9.90 Å². The van der Waals surface area contributed by atoms with Crippen LogP contribution in [0, 0.1) is 6.92 Å². The summed E-state index contributed by atoms with van der Waals surface area (Å²) in [6, 6.07) is 3.82. The molecule has 2 aromatic rings. The van der Waals surface area contributed by atoms with Crippen molar-refractivity contribution in [1.29, 1.82) is 0 Å². The summed E-state index contributed by atoms with van der Waals surface area (Å²) in [5, 5.41) is 15.6. The van der Waals surface area contributed by atoms with Crippen molar-refractivity contribution >= 4 is 17.4 Å². The molecule has 0 bridgehead atoms. The van der Waals surface area contributed by atoms with E-state index in [-0.39, 0.29) is 6.42 Å². The van der Waals surface area contributed by atoms with Crippen molar-refractivity contribution in [3.05, 3.63) is 24.0 Å². The maximum absolute atomic E-state index is 10.4. The predicted molar refractivity (Wildman–Crippen MR) is 58.5 cm³/mol. The van der Waals surface area contributed by atoms with Crippen molar-refractivity contribution in [2.24, 2.45) is 0 Å². The van der Waals surface area contributed by atoms with Gasteiger partial charge in [0, 0.05) is 6.54 Å². The molecule has 16 heavy (non-hydrogen) atoms. The third-order valence-corrected chi connectivity index (χ3v) is 2.17. The monoisotopic (exact) mass is 220 g/mol. The number of aryl methyl sites for hydroxylation is 1. The highest BCUT2D eigenvalue weighted by Gasteiger charge is 2.04. The van der Waals surface area contributed by atoms with Crippen molar-refractivity contribution in [2.45, 2.75) is 13.3 Å². The van der Waals surface area contributed by atoms with Gasteiger partial charge in [-0.05, 0) is 24.6 Å². The van der Waals surface area contributed by atoms with E-state index in [2.05, 4.69) is 15.4 Å². The molecule has 0 aromatic carbocycles. The van der Waals surface area contributed by atoms with Gasteiger partial charge in [-0.3, -0.25) is 4.79 Å². The molecule has 0 amide bonds. The van der Waals surface area contributed by atoms with Crippen LogP contribution in [0.5, 0.6) is 0 Å². The highest BCUT2D eigenvalue weighted by molar-refractivity contribution is 5.67. The van der Waals surface area contributed by atoms with Gasteiger partial charge in [-0.2, -0.15) is 9.61 Å². The largest absolute Gasteiger partial charge is 0.481 e. The molecule has 84 valence electrons. The highest BCUT2D eigenvalue weighted by atomic mass is 16.4. The van der Waals surface area contributed by atoms with Gasteiger partial charge in [-0.1, -0.05) is 0 Å². The summed E-state index contributed by atoms with van der Waals surface area (Å²) in [4.78, 5) is 14.5. The Kier molecular flexibility index (Phi) is 2.72. The van der Waals surface area contributed by atoms with Gasteiger partial charge < -0.3 is 10.4 Å². The Morgan fingerprint density at radius 1 is 1.56 bits per heavy atom. The maximum atomic E-state index is 10.4. The lowest BCUT2D eigenvalue weighted by Gasteiger charge is -2.07. The highest BCUT2D eigenvalue weighted by Crippen LogP contribution is 2.12. The van der Waals surface area contributed by atoms with Crippen LogP contribution in [-0.4, -0.2) is 32.2 Å². The van der Waals surface area contributed by atoms with E-state index in [0.29, 0.717) is 6.54 Å². The number of hydrogen-bond donors (Lipinski definition) is 2. The summed E-state index contributed by atoms with van der Waals surface area (Å²) in [5.41, 5.74) is 1.80. The smallest absolute Gasteiger partial charge is 0.305 e. The Morgan fingerprint density at radius 2 is 2.38 bits per heavy atom. The van der Waals surface area contributed by atoms with Gasteiger partial charge in [0.2, 0.25) is 0 Å². The van der Waals surface area contributed by atoms with Gasteiger partial charge in [0.1, 0.15) is 12.1 Å². The van der Waals surface area contributed by atoms with Crippen LogP contribution in [0.4, 0.5) is 5.82 Å². The number of nitrogens with zero attached hydrogens (tertiary/aromatic N) is 3. The van der Waals surface area contributed by atoms with E-state index in [9.17, 15) is 4.79 Å². The fourth-order valence-corrected chi connectivity index (χ4v) is 1.48. The first-order valence-corrected chi connectivity index (χ1v) is 4.93. The zero-order valence-electron chi connectivity index (χ0n) is 8.84. The average molecular weight is 220 g/mol. The topological polar surface area (TPSA) is 79.5 Å². The summed E-state index contributed by atoms with van der Waals surface area (Å²) in [6.45, 7) is 2.32. The lowest BCUT2D eigenvalue weighted by molar-refractivity contribution is -0.136. The summed E-state index contributed by atoms with van der Waals surface area (Å²) in [5.74, 6) is -0.0660. The van der Waals surface area contributed by atoms with E-state index in [4.69, 9.17) is 5.11 Å². The van der Waals surface area contributed by atoms with Gasteiger partial charge in [0.15, 0.2) is 5.65 Å². The lowest BCUT2D eigenvalue weighted by atomic mass is 10.3. The van der Waals surface area contributed by atoms with Gasteiger partial charge in [0.25, 0.3) is 0 Å². The first kappa shape index (κ1) is 10.4. The summed E-state index contributed by atoms with van der Waals surface area (Å²) in [6.07, 6.45) is 1.54. The van der Waals surface area contributed by atoms with Gasteiger partial charge >= 0.3 is 5.97 Å². The second-order valence-electron chi connectivity index (χ2n) is 3.52. The molecule has 2 N–H and O–H groups in total. The van der Waals surface area contributed by atoms with Crippen LogP contribution < -0.4 is 5.32 Å². The van der Waals surface area contributed by atoms with Crippen LogP contribution >= 0.6 is 0 Å². The van der Waals surface area contributed by atoms with Crippen molar-refractivity contribution in [1.82, 2.24) is 14.6 Å². The van der Waals surface area contributed by atoms with E-state index in [1.165, 1.54) is 6.33 Å². The standard InChI is InChI=1S/C10H12N4O2/c1-7-4-8(11-3-2-10(15)16)14-9(5-7)12-6-13-14/h4-6,11H,2-3H2,1H3,(H,15,16). The molecule has 2 aromatic heterocycles. The van der Waals surface area contributed by atoms with Gasteiger partial charge in [0.05, 0.1) is 6.42 Å². The summed E-state index contributed by atoms with van der Waals surface area (Å²) >= 11 is 0. The van der Waals surface area contributed by atoms with E-state index in [1.54, 1.807) is 4.52 Å². The first-order chi connectivity index (χ1) is 7.66. The molecular formula is C10H12N4O2. The number of carboxylic acid groups (broad SMARTS) is 1. The average Bonchev–Trinajstić information content (AvgIpc) is 2.64. The van der Waals surface area contributed by atoms with Crippen LogP contribution in [0.15, 0.2) is 18.5 Å². The van der Waals surface area contributed by atoms with E-state index in [1.807, 2.05) is 19.1 Å². The fourth-order valence-electron chi connectivity index (χ4n) is 1.48. The molecule has 0 saturated carbocycles. The fraction of sp³-hybridized carbons (Fsp3) is 0.300. The molecule has 0 aliphatic rings. The number of carboxylic acids is 1. The molecule has 0 radical (unpaired) electrons. The van der Waals surface area contributed by atoms with Crippen molar-refractivity contribution in [3.63, 3.8) is 0 Å². The third kappa shape index (κ3) is 2.10. The quantitative estimate of drug-likeness (QED) is 0.801. The minimum absolute atomic E-state index is 0.0735. The zero-order valence-corrected chi connectivity index (χ0v) is 8.84. The Hall–Kier alpha value is -2.11. The molecule has 2 heterocycles. The van der Waals surface area contributed by atoms with E-state index >= 15 is 0 Å². The first-order valence-electron chi connectivity index (χ1n) is 4.93. The SMILES string of the molecule is Cc1cc(NCCC(=O)O)n2ncnc2c1. The number of aliphatic carboxylic acids is 1. The molecule has 6 nitrogen and oxygen atoms in total. The second kappa shape index (κ2) is 4.18. The van der Waals surface area contributed by atoms with Crippen LogP contribution in [0.25, 0.3) is 5.65 Å².